The molecule has 0 saturated heterocycles. The van der Waals surface area contributed by atoms with Crippen molar-refractivity contribution in [3.8, 4) is 0 Å². The number of carbonyl (C=O) groups excluding carboxylic acids is 1. The molecular formula is C42H87NO7P+. The van der Waals surface area contributed by atoms with Crippen molar-refractivity contribution < 1.29 is 37.3 Å². The number of phosphoric acid groups is 1. The molecule has 0 aliphatic heterocycles. The van der Waals surface area contributed by atoms with Crippen LogP contribution in [0.25, 0.3) is 0 Å². The lowest BCUT2D eigenvalue weighted by atomic mass is 10.0. The number of esters is 1. The summed E-state index contributed by atoms with van der Waals surface area (Å²) in [4.78, 5) is 22.8. The van der Waals surface area contributed by atoms with Crippen LogP contribution in [0.5, 0.6) is 0 Å². The van der Waals surface area contributed by atoms with Crippen molar-refractivity contribution >= 4 is 13.8 Å². The summed E-state index contributed by atoms with van der Waals surface area (Å²) in [5.74, 6) is -0.309. The maximum atomic E-state index is 12.6. The Morgan fingerprint density at radius 2 is 0.902 bits per heavy atom. The Hall–Kier alpha value is -0.500. The molecule has 51 heavy (non-hydrogen) atoms. The molecule has 1 N–H and O–H groups in total. The fraction of sp³-hybridized carbons (Fsp3) is 0.976. The molecule has 2 atom stereocenters. The molecule has 9 heteroatoms. The first kappa shape index (κ1) is 50.5. The molecule has 0 aromatic carbocycles. The van der Waals surface area contributed by atoms with Crippen molar-refractivity contribution in [3.05, 3.63) is 0 Å². The predicted octanol–water partition coefficient (Wildman–Crippen LogP) is 12.5. The van der Waals surface area contributed by atoms with E-state index in [1.165, 1.54) is 154 Å². The molecule has 0 bridgehead atoms. The van der Waals surface area contributed by atoms with Crippen LogP contribution in [0.3, 0.4) is 0 Å². The zero-order valence-corrected chi connectivity index (χ0v) is 35.5. The summed E-state index contributed by atoms with van der Waals surface area (Å²) in [5.41, 5.74) is 0. The van der Waals surface area contributed by atoms with Crippen LogP contribution in [-0.4, -0.2) is 75.6 Å². The molecule has 0 fully saturated rings. The van der Waals surface area contributed by atoms with Gasteiger partial charge in [-0.15, -0.1) is 0 Å². The van der Waals surface area contributed by atoms with Crippen LogP contribution in [0.2, 0.25) is 0 Å². The molecule has 0 radical (unpaired) electrons. The zero-order valence-electron chi connectivity index (χ0n) is 34.6. The Bertz CT molecular complexity index is 792. The van der Waals surface area contributed by atoms with Gasteiger partial charge in [-0.05, 0) is 12.8 Å². The molecule has 306 valence electrons. The molecule has 0 aromatic heterocycles. The van der Waals surface area contributed by atoms with Crippen LogP contribution >= 0.6 is 7.82 Å². The number of phosphoric ester groups is 1. The standard InChI is InChI=1S/C42H86NO7P/c1-6-8-10-12-14-16-18-20-21-22-23-24-26-28-30-32-34-37-47-39-41(40-49-51(45,46)48-38-36-43(3,4)5)50-42(44)35-33-31-29-27-25-19-17-15-13-11-9-7-2/h41H,6-40H2,1-5H3/p+1. The second-order valence-corrected chi connectivity index (χ2v) is 17.5. The van der Waals surface area contributed by atoms with Crippen molar-refractivity contribution in [1.29, 1.82) is 0 Å². The molecule has 0 saturated carbocycles. The van der Waals surface area contributed by atoms with E-state index in [1.54, 1.807) is 0 Å². The molecule has 0 aliphatic rings. The van der Waals surface area contributed by atoms with Crippen LogP contribution in [0.4, 0.5) is 0 Å². The van der Waals surface area contributed by atoms with Crippen molar-refractivity contribution in [3.63, 3.8) is 0 Å². The maximum Gasteiger partial charge on any atom is 0.472 e. The first-order valence-electron chi connectivity index (χ1n) is 21.8. The molecule has 0 rings (SSSR count). The average Bonchev–Trinajstić information content (AvgIpc) is 3.08. The molecular weight excluding hydrogens is 661 g/mol. The summed E-state index contributed by atoms with van der Waals surface area (Å²) < 4.78 is 35.0. The molecule has 0 aliphatic carbocycles. The lowest BCUT2D eigenvalue weighted by Gasteiger charge is -2.24. The fourth-order valence-corrected chi connectivity index (χ4v) is 7.00. The van der Waals surface area contributed by atoms with E-state index in [4.69, 9.17) is 18.5 Å². The lowest BCUT2D eigenvalue weighted by molar-refractivity contribution is -0.870. The molecule has 0 aromatic rings. The van der Waals surface area contributed by atoms with Crippen LogP contribution in [0.15, 0.2) is 0 Å². The Balaban J connectivity index is 4.17. The molecule has 0 heterocycles. The number of ether oxygens (including phenoxy) is 2. The van der Waals surface area contributed by atoms with Gasteiger partial charge in [-0.2, -0.15) is 0 Å². The smallest absolute Gasteiger partial charge is 0.457 e. The summed E-state index contributed by atoms with van der Waals surface area (Å²) in [7, 11) is 1.68. The third-order valence-electron chi connectivity index (χ3n) is 9.67. The number of likely N-dealkylation sites (N-methyl/N-ethyl adjacent to an activating group) is 1. The average molecular weight is 749 g/mol. The molecule has 0 amide bonds. The minimum Gasteiger partial charge on any atom is -0.457 e. The number of quaternary nitrogens is 1. The lowest BCUT2D eigenvalue weighted by Crippen LogP contribution is -2.37. The van der Waals surface area contributed by atoms with Gasteiger partial charge in [-0.1, -0.05) is 187 Å². The van der Waals surface area contributed by atoms with Gasteiger partial charge in [-0.3, -0.25) is 13.8 Å². The second-order valence-electron chi connectivity index (χ2n) is 16.1. The van der Waals surface area contributed by atoms with E-state index < -0.39 is 13.9 Å². The van der Waals surface area contributed by atoms with Crippen LogP contribution in [0.1, 0.15) is 206 Å². The summed E-state index contributed by atoms with van der Waals surface area (Å²) in [6.45, 7) is 5.67. The van der Waals surface area contributed by atoms with Crippen molar-refractivity contribution in [2.24, 2.45) is 0 Å². The quantitative estimate of drug-likeness (QED) is 0.0288. The number of hydrogen-bond acceptors (Lipinski definition) is 6. The fourth-order valence-electron chi connectivity index (χ4n) is 6.26. The van der Waals surface area contributed by atoms with Crippen LogP contribution < -0.4 is 0 Å². The molecule has 2 unspecified atom stereocenters. The number of nitrogens with zero attached hydrogens (tertiary/aromatic N) is 1. The van der Waals surface area contributed by atoms with E-state index in [0.717, 1.165) is 32.1 Å². The van der Waals surface area contributed by atoms with Crippen molar-refractivity contribution in [2.75, 3.05) is 54.1 Å². The van der Waals surface area contributed by atoms with Gasteiger partial charge in [0.2, 0.25) is 0 Å². The van der Waals surface area contributed by atoms with Crippen molar-refractivity contribution in [1.82, 2.24) is 0 Å². The van der Waals surface area contributed by atoms with Gasteiger partial charge < -0.3 is 18.9 Å². The Morgan fingerprint density at radius 1 is 0.529 bits per heavy atom. The van der Waals surface area contributed by atoms with Gasteiger partial charge in [0.25, 0.3) is 0 Å². The summed E-state index contributed by atoms with van der Waals surface area (Å²) in [6, 6.07) is 0. The molecule has 8 nitrogen and oxygen atoms in total. The number of carbonyl (C=O) groups is 1. The highest BCUT2D eigenvalue weighted by atomic mass is 31.2. The van der Waals surface area contributed by atoms with E-state index in [0.29, 0.717) is 24.1 Å². The van der Waals surface area contributed by atoms with E-state index >= 15 is 0 Å². The van der Waals surface area contributed by atoms with Gasteiger partial charge in [-0.25, -0.2) is 4.57 Å². The van der Waals surface area contributed by atoms with E-state index in [2.05, 4.69) is 13.8 Å². The highest BCUT2D eigenvalue weighted by Crippen LogP contribution is 2.43. The minimum absolute atomic E-state index is 0.0937. The number of rotatable bonds is 41. The molecule has 0 spiro atoms. The second kappa shape index (κ2) is 36.5. The Kier molecular flexibility index (Phi) is 36.1. The third-order valence-corrected chi connectivity index (χ3v) is 10.7. The number of unbranched alkanes of at least 4 members (excludes halogenated alkanes) is 27. The summed E-state index contributed by atoms with van der Waals surface area (Å²) in [5, 5.41) is 0. The number of hydrogen-bond donors (Lipinski definition) is 1. The zero-order chi connectivity index (χ0) is 37.7. The predicted molar refractivity (Wildman–Crippen MR) is 215 cm³/mol. The van der Waals surface area contributed by atoms with Gasteiger partial charge >= 0.3 is 13.8 Å². The van der Waals surface area contributed by atoms with Crippen molar-refractivity contribution in [2.45, 2.75) is 213 Å². The first-order chi connectivity index (χ1) is 24.6. The van der Waals surface area contributed by atoms with Gasteiger partial charge in [0.15, 0.2) is 0 Å². The topological polar surface area (TPSA) is 91.3 Å². The summed E-state index contributed by atoms with van der Waals surface area (Å²) >= 11 is 0. The normalized spacial score (nSPS) is 13.8. The van der Waals surface area contributed by atoms with Gasteiger partial charge in [0.1, 0.15) is 19.3 Å². The SMILES string of the molecule is CCCCCCCCCCCCCCCCCCCOCC(COP(=O)(O)OCC[N+](C)(C)C)OC(=O)CCCCCCCCCCCCCC. The highest BCUT2D eigenvalue weighted by molar-refractivity contribution is 7.47. The Labute approximate surface area is 317 Å². The van der Waals surface area contributed by atoms with Gasteiger partial charge in [0.05, 0.1) is 34.4 Å². The maximum absolute atomic E-state index is 12.6. The van der Waals surface area contributed by atoms with Crippen LogP contribution in [0, 0.1) is 0 Å². The van der Waals surface area contributed by atoms with E-state index in [9.17, 15) is 14.3 Å². The van der Waals surface area contributed by atoms with Crippen LogP contribution in [-0.2, 0) is 27.9 Å². The van der Waals surface area contributed by atoms with E-state index in [1.807, 2.05) is 21.1 Å². The van der Waals surface area contributed by atoms with Gasteiger partial charge in [0, 0.05) is 13.0 Å². The Morgan fingerprint density at radius 3 is 1.29 bits per heavy atom. The minimum atomic E-state index is -4.26. The first-order valence-corrected chi connectivity index (χ1v) is 23.3. The third kappa shape index (κ3) is 40.5. The monoisotopic (exact) mass is 749 g/mol. The highest BCUT2D eigenvalue weighted by Gasteiger charge is 2.26. The summed E-state index contributed by atoms with van der Waals surface area (Å²) in [6.07, 6.45) is 37.0. The largest absolute Gasteiger partial charge is 0.472 e. The van der Waals surface area contributed by atoms with E-state index in [-0.39, 0.29) is 25.8 Å².